The first-order valence-electron chi connectivity index (χ1n) is 10.7. The molecule has 1 aromatic heterocycles. The van der Waals surface area contributed by atoms with Crippen LogP contribution in [0, 0.1) is 23.7 Å². The normalized spacial score (nSPS) is 25.2. The topological polar surface area (TPSA) is 91.0 Å². The van der Waals surface area contributed by atoms with E-state index in [9.17, 15) is 19.8 Å². The average molecular weight is 419 g/mol. The first-order valence-corrected chi connectivity index (χ1v) is 10.7. The van der Waals surface area contributed by atoms with Crippen molar-refractivity contribution in [3.05, 3.63) is 70.6 Å². The van der Waals surface area contributed by atoms with Crippen LogP contribution in [-0.2, 0) is 0 Å². The van der Waals surface area contributed by atoms with E-state index in [2.05, 4.69) is 0 Å². The highest BCUT2D eigenvalue weighted by Crippen LogP contribution is 2.46. The summed E-state index contributed by atoms with van der Waals surface area (Å²) in [6.45, 7) is 1.36. The number of benzene rings is 2. The maximum absolute atomic E-state index is 13.2. The number of carbonyl (C=O) groups excluding carboxylic acids is 1. The first kappa shape index (κ1) is 20.0. The third-order valence-corrected chi connectivity index (χ3v) is 7.05. The van der Waals surface area contributed by atoms with Gasteiger partial charge >= 0.3 is 5.63 Å². The predicted octanol–water partition coefficient (Wildman–Crippen LogP) is 2.77. The molecule has 4 atom stereocenters. The Bertz CT molecular complexity index is 1170. The highest BCUT2D eigenvalue weighted by atomic mass is 16.4. The van der Waals surface area contributed by atoms with E-state index < -0.39 is 5.63 Å². The van der Waals surface area contributed by atoms with Gasteiger partial charge in [0.25, 0.3) is 5.91 Å². The summed E-state index contributed by atoms with van der Waals surface area (Å²) in [5.74, 6) is 0.625. The van der Waals surface area contributed by atoms with Gasteiger partial charge in [0.05, 0.1) is 5.56 Å². The van der Waals surface area contributed by atoms with Gasteiger partial charge < -0.3 is 19.5 Å². The molecule has 6 nitrogen and oxygen atoms in total. The Kier molecular flexibility index (Phi) is 5.12. The van der Waals surface area contributed by atoms with Gasteiger partial charge in [-0.2, -0.15) is 0 Å². The summed E-state index contributed by atoms with van der Waals surface area (Å²) in [5.41, 5.74) is 1.68. The zero-order valence-electron chi connectivity index (χ0n) is 17.1. The van der Waals surface area contributed by atoms with Crippen LogP contribution in [0.1, 0.15) is 16.8 Å². The van der Waals surface area contributed by atoms with Crippen LogP contribution >= 0.6 is 0 Å². The molecule has 2 fully saturated rings. The number of likely N-dealkylation sites (tertiary alicyclic amines) is 1. The maximum atomic E-state index is 13.2. The number of hydrogen-bond donors (Lipinski definition) is 2. The molecule has 0 spiro atoms. The zero-order valence-corrected chi connectivity index (χ0v) is 17.1. The molecule has 2 N–H and O–H groups in total. The van der Waals surface area contributed by atoms with Crippen molar-refractivity contribution in [2.75, 3.05) is 26.3 Å². The Morgan fingerprint density at radius 2 is 1.68 bits per heavy atom. The highest BCUT2D eigenvalue weighted by molar-refractivity contribution is 5.96. The van der Waals surface area contributed by atoms with E-state index in [4.69, 9.17) is 4.42 Å². The van der Waals surface area contributed by atoms with Crippen LogP contribution in [-0.4, -0.2) is 47.3 Å². The van der Waals surface area contributed by atoms with Gasteiger partial charge in [0, 0.05) is 37.3 Å². The van der Waals surface area contributed by atoms with Gasteiger partial charge in [-0.05, 0) is 59.9 Å². The van der Waals surface area contributed by atoms with E-state index in [0.29, 0.717) is 35.4 Å². The molecule has 6 heteroatoms. The first-order chi connectivity index (χ1) is 15.1. The Morgan fingerprint density at radius 1 is 0.968 bits per heavy atom. The zero-order chi connectivity index (χ0) is 21.5. The second-order valence-electron chi connectivity index (χ2n) is 8.73. The Hall–Kier alpha value is -2.96. The third-order valence-electron chi connectivity index (χ3n) is 7.05. The van der Waals surface area contributed by atoms with Crippen molar-refractivity contribution in [3.63, 3.8) is 0 Å². The maximum Gasteiger partial charge on any atom is 0.344 e. The van der Waals surface area contributed by atoms with E-state index in [1.54, 1.807) is 36.4 Å². The number of aliphatic hydroxyl groups is 2. The van der Waals surface area contributed by atoms with Crippen LogP contribution in [0.5, 0.6) is 0 Å². The standard InChI is InChI=1S/C25H25NO5/c27-13-18-9-19(14-28)22-12-26(11-21(18)22)24(29)17-6-3-5-15(8-17)20-10-16-4-1-2-7-23(16)31-25(20)30/h1-8,10,18-19,21-22,27-28H,9,11-14H2/t18-,19+,21+,22-. The molecule has 1 aliphatic carbocycles. The van der Waals surface area contributed by atoms with E-state index >= 15 is 0 Å². The van der Waals surface area contributed by atoms with Crippen LogP contribution in [0.2, 0.25) is 0 Å². The molecule has 3 aromatic rings. The van der Waals surface area contributed by atoms with Crippen LogP contribution in [0.3, 0.4) is 0 Å². The molecule has 5 rings (SSSR count). The van der Waals surface area contributed by atoms with Crippen molar-refractivity contribution in [2.45, 2.75) is 6.42 Å². The van der Waals surface area contributed by atoms with Gasteiger partial charge in [0.2, 0.25) is 0 Å². The number of aliphatic hydroxyl groups excluding tert-OH is 2. The summed E-state index contributed by atoms with van der Waals surface area (Å²) < 4.78 is 5.45. The molecule has 1 aliphatic heterocycles. The van der Waals surface area contributed by atoms with Gasteiger partial charge in [-0.1, -0.05) is 30.3 Å². The summed E-state index contributed by atoms with van der Waals surface area (Å²) in [6.07, 6.45) is 0.817. The molecule has 2 aromatic carbocycles. The molecule has 0 radical (unpaired) electrons. The number of amides is 1. The van der Waals surface area contributed by atoms with Crippen molar-refractivity contribution in [3.8, 4) is 11.1 Å². The smallest absolute Gasteiger partial charge is 0.344 e. The molecule has 160 valence electrons. The molecular formula is C25H25NO5. The summed E-state index contributed by atoms with van der Waals surface area (Å²) in [4.78, 5) is 27.6. The van der Waals surface area contributed by atoms with Crippen molar-refractivity contribution >= 4 is 16.9 Å². The van der Waals surface area contributed by atoms with Crippen molar-refractivity contribution in [1.82, 2.24) is 4.90 Å². The lowest BCUT2D eigenvalue weighted by molar-refractivity contribution is 0.0758. The second-order valence-corrected chi connectivity index (χ2v) is 8.73. The van der Waals surface area contributed by atoms with Gasteiger partial charge in [0.1, 0.15) is 5.58 Å². The fourth-order valence-corrected chi connectivity index (χ4v) is 5.44. The number of fused-ring (bicyclic) bond motifs is 2. The number of rotatable bonds is 4. The summed E-state index contributed by atoms with van der Waals surface area (Å²) in [7, 11) is 0. The predicted molar refractivity (Wildman–Crippen MR) is 117 cm³/mol. The van der Waals surface area contributed by atoms with Crippen molar-refractivity contribution in [1.29, 1.82) is 0 Å². The lowest BCUT2D eigenvalue weighted by Gasteiger charge is -2.21. The quantitative estimate of drug-likeness (QED) is 0.635. The molecule has 0 unspecified atom stereocenters. The molecule has 1 amide bonds. The van der Waals surface area contributed by atoms with E-state index in [0.717, 1.165) is 11.8 Å². The van der Waals surface area contributed by atoms with Gasteiger partial charge in [-0.3, -0.25) is 4.79 Å². The Balaban J connectivity index is 1.43. The molecule has 1 saturated carbocycles. The Morgan fingerprint density at radius 3 is 2.39 bits per heavy atom. The van der Waals surface area contributed by atoms with Crippen molar-refractivity contribution in [2.24, 2.45) is 23.7 Å². The summed E-state index contributed by atoms with van der Waals surface area (Å²) in [5, 5.41) is 20.2. The van der Waals surface area contributed by atoms with Crippen LogP contribution in [0.4, 0.5) is 0 Å². The van der Waals surface area contributed by atoms with Gasteiger partial charge in [-0.15, -0.1) is 0 Å². The van der Waals surface area contributed by atoms with Crippen LogP contribution in [0.15, 0.2) is 63.8 Å². The average Bonchev–Trinajstić information content (AvgIpc) is 3.37. The van der Waals surface area contributed by atoms with Crippen LogP contribution in [0.25, 0.3) is 22.1 Å². The lowest BCUT2D eigenvalue weighted by Crippen LogP contribution is -2.31. The molecule has 2 aliphatic rings. The minimum Gasteiger partial charge on any atom is -0.422 e. The fraction of sp³-hybridized carbons (Fsp3) is 0.360. The van der Waals surface area contributed by atoms with Gasteiger partial charge in [-0.25, -0.2) is 4.79 Å². The van der Waals surface area contributed by atoms with E-state index in [1.165, 1.54) is 0 Å². The molecule has 0 bridgehead atoms. The van der Waals surface area contributed by atoms with Crippen molar-refractivity contribution < 1.29 is 19.4 Å². The molecular weight excluding hydrogens is 394 g/mol. The number of nitrogens with zero attached hydrogens (tertiary/aromatic N) is 1. The largest absolute Gasteiger partial charge is 0.422 e. The van der Waals surface area contributed by atoms with Gasteiger partial charge in [0.15, 0.2) is 0 Å². The fourth-order valence-electron chi connectivity index (χ4n) is 5.44. The third kappa shape index (κ3) is 3.46. The highest BCUT2D eigenvalue weighted by Gasteiger charge is 2.48. The lowest BCUT2D eigenvalue weighted by atomic mass is 9.91. The summed E-state index contributed by atoms with van der Waals surface area (Å²) in [6, 6.07) is 16.2. The van der Waals surface area contributed by atoms with E-state index in [1.807, 2.05) is 23.1 Å². The second kappa shape index (κ2) is 7.94. The molecule has 1 saturated heterocycles. The monoisotopic (exact) mass is 419 g/mol. The minimum atomic E-state index is -0.435. The molecule has 31 heavy (non-hydrogen) atoms. The molecule has 2 heterocycles. The van der Waals surface area contributed by atoms with Crippen LogP contribution < -0.4 is 5.63 Å². The number of para-hydroxylation sites is 1. The number of hydrogen-bond acceptors (Lipinski definition) is 5. The SMILES string of the molecule is O=C(c1cccc(-c2cc3ccccc3oc2=O)c1)N1C[C@@H]2[C@H](CO)C[C@H](CO)[C@@H]2C1. The number of carbonyl (C=O) groups is 1. The Labute approximate surface area is 179 Å². The minimum absolute atomic E-state index is 0.0881. The summed E-state index contributed by atoms with van der Waals surface area (Å²) >= 11 is 0. The van der Waals surface area contributed by atoms with E-state index in [-0.39, 0.29) is 42.8 Å².